The minimum Gasteiger partial charge on any atom is -0.378 e. The maximum atomic E-state index is 3.83. The van der Waals surface area contributed by atoms with Gasteiger partial charge in [0, 0.05) is 31.9 Å². The first-order chi connectivity index (χ1) is 10.1. The number of nitrogens with one attached hydrogen (secondary N) is 1. The second kappa shape index (κ2) is 7.84. The van der Waals surface area contributed by atoms with Gasteiger partial charge in [-0.25, -0.2) is 0 Å². The third-order valence-electron chi connectivity index (χ3n) is 5.03. The van der Waals surface area contributed by atoms with Crippen molar-refractivity contribution in [3.63, 3.8) is 0 Å². The molecule has 0 aliphatic heterocycles. The van der Waals surface area contributed by atoms with Gasteiger partial charge in [0.1, 0.15) is 0 Å². The molecule has 1 saturated carbocycles. The van der Waals surface area contributed by atoms with Gasteiger partial charge in [-0.15, -0.1) is 0 Å². The summed E-state index contributed by atoms with van der Waals surface area (Å²) in [5.41, 5.74) is 2.66. The van der Waals surface area contributed by atoms with Crippen molar-refractivity contribution in [2.75, 3.05) is 19.0 Å². The number of rotatable bonds is 5. The normalized spacial score (nSPS) is 19.8. The second-order valence-electron chi connectivity index (χ2n) is 6.91. The molecule has 0 aromatic heterocycles. The van der Waals surface area contributed by atoms with Gasteiger partial charge in [0.05, 0.1) is 0 Å². The topological polar surface area (TPSA) is 15.3 Å². The van der Waals surface area contributed by atoms with Crippen LogP contribution in [0.1, 0.15) is 64.0 Å². The van der Waals surface area contributed by atoms with Crippen molar-refractivity contribution in [3.05, 3.63) is 29.8 Å². The molecule has 2 heteroatoms. The minimum atomic E-state index is 0.430. The molecule has 1 aromatic carbocycles. The molecule has 0 radical (unpaired) electrons. The highest BCUT2D eigenvalue weighted by Gasteiger charge is 2.20. The van der Waals surface area contributed by atoms with E-state index in [1.165, 1.54) is 49.8 Å². The lowest BCUT2D eigenvalue weighted by molar-refractivity contribution is 0.316. The molecular weight excluding hydrogens is 256 g/mol. The Labute approximate surface area is 130 Å². The molecule has 0 heterocycles. The molecule has 0 amide bonds. The van der Waals surface area contributed by atoms with Crippen LogP contribution in [-0.2, 0) is 0 Å². The highest BCUT2D eigenvalue weighted by atomic mass is 15.1. The second-order valence-corrected chi connectivity index (χ2v) is 6.91. The molecule has 2 nitrogen and oxygen atoms in total. The van der Waals surface area contributed by atoms with Gasteiger partial charge in [-0.2, -0.15) is 0 Å². The van der Waals surface area contributed by atoms with Gasteiger partial charge < -0.3 is 10.2 Å². The molecule has 0 spiro atoms. The molecular formula is C19H32N2. The molecule has 1 aliphatic carbocycles. The predicted molar refractivity (Wildman–Crippen MR) is 93.0 cm³/mol. The summed E-state index contributed by atoms with van der Waals surface area (Å²) in [5, 5.41) is 3.83. The maximum Gasteiger partial charge on any atom is 0.0361 e. The first-order valence-corrected chi connectivity index (χ1v) is 8.61. The van der Waals surface area contributed by atoms with Crippen molar-refractivity contribution < 1.29 is 0 Å². The summed E-state index contributed by atoms with van der Waals surface area (Å²) in [6.45, 7) is 4.67. The van der Waals surface area contributed by atoms with Crippen LogP contribution >= 0.6 is 0 Å². The van der Waals surface area contributed by atoms with Crippen molar-refractivity contribution in [1.29, 1.82) is 0 Å². The number of hydrogen-bond donors (Lipinski definition) is 1. The van der Waals surface area contributed by atoms with Crippen LogP contribution in [0, 0.1) is 5.92 Å². The van der Waals surface area contributed by atoms with E-state index in [4.69, 9.17) is 0 Å². The Morgan fingerprint density at radius 3 is 2.05 bits per heavy atom. The minimum absolute atomic E-state index is 0.430. The summed E-state index contributed by atoms with van der Waals surface area (Å²) in [6, 6.07) is 9.99. The van der Waals surface area contributed by atoms with Crippen LogP contribution in [0.15, 0.2) is 24.3 Å². The third kappa shape index (κ3) is 4.74. The van der Waals surface area contributed by atoms with E-state index in [0.717, 1.165) is 5.92 Å². The van der Waals surface area contributed by atoms with Crippen molar-refractivity contribution in [1.82, 2.24) is 5.32 Å². The predicted octanol–water partition coefficient (Wildman–Crippen LogP) is 4.76. The Bertz CT molecular complexity index is 402. The van der Waals surface area contributed by atoms with Crippen molar-refractivity contribution in [2.24, 2.45) is 5.92 Å². The van der Waals surface area contributed by atoms with Crippen LogP contribution in [0.4, 0.5) is 5.69 Å². The molecule has 1 N–H and O–H groups in total. The third-order valence-corrected chi connectivity index (χ3v) is 5.03. The van der Waals surface area contributed by atoms with Crippen molar-refractivity contribution in [2.45, 2.75) is 64.5 Å². The molecule has 1 aliphatic rings. The number of hydrogen-bond acceptors (Lipinski definition) is 2. The molecule has 0 saturated heterocycles. The number of benzene rings is 1. The summed E-state index contributed by atoms with van der Waals surface area (Å²) < 4.78 is 0. The molecule has 1 aromatic rings. The van der Waals surface area contributed by atoms with E-state index < -0.39 is 0 Å². The van der Waals surface area contributed by atoms with Gasteiger partial charge >= 0.3 is 0 Å². The Hall–Kier alpha value is -1.02. The lowest BCUT2D eigenvalue weighted by Gasteiger charge is -2.27. The first-order valence-electron chi connectivity index (χ1n) is 8.61. The van der Waals surface area contributed by atoms with Gasteiger partial charge in [-0.3, -0.25) is 0 Å². The summed E-state index contributed by atoms with van der Waals surface area (Å²) in [6.07, 6.45) is 8.52. The average molecular weight is 288 g/mol. The Kier molecular flexibility index (Phi) is 6.10. The van der Waals surface area contributed by atoms with E-state index in [1.54, 1.807) is 0 Å². The summed E-state index contributed by atoms with van der Waals surface area (Å²) in [7, 11) is 4.18. The maximum absolute atomic E-state index is 3.83. The highest BCUT2D eigenvalue weighted by Crippen LogP contribution is 2.27. The van der Waals surface area contributed by atoms with Crippen LogP contribution < -0.4 is 10.2 Å². The van der Waals surface area contributed by atoms with E-state index >= 15 is 0 Å². The average Bonchev–Trinajstić information content (AvgIpc) is 2.76. The van der Waals surface area contributed by atoms with Crippen molar-refractivity contribution >= 4 is 5.69 Å². The monoisotopic (exact) mass is 288 g/mol. The lowest BCUT2D eigenvalue weighted by atomic mass is 9.92. The zero-order chi connectivity index (χ0) is 15.2. The van der Waals surface area contributed by atoms with Crippen LogP contribution in [0.2, 0.25) is 0 Å². The van der Waals surface area contributed by atoms with Crippen LogP contribution in [-0.4, -0.2) is 20.1 Å². The van der Waals surface area contributed by atoms with Gasteiger partial charge in [0.25, 0.3) is 0 Å². The molecule has 2 atom stereocenters. The van der Waals surface area contributed by atoms with Gasteiger partial charge in [-0.05, 0) is 50.3 Å². The Morgan fingerprint density at radius 1 is 0.952 bits per heavy atom. The standard InChI is InChI=1S/C19H32N2/c1-15(17-9-7-5-6-8-10-17)20-16(2)18-11-13-19(14-12-18)21(3)4/h11-17,20H,5-10H2,1-4H3/t15-,16?/m1/s1. The molecule has 21 heavy (non-hydrogen) atoms. The largest absolute Gasteiger partial charge is 0.378 e. The molecule has 2 rings (SSSR count). The van der Waals surface area contributed by atoms with Crippen LogP contribution in [0.5, 0.6) is 0 Å². The van der Waals surface area contributed by atoms with E-state index in [9.17, 15) is 0 Å². The van der Waals surface area contributed by atoms with Crippen LogP contribution in [0.25, 0.3) is 0 Å². The highest BCUT2D eigenvalue weighted by molar-refractivity contribution is 5.46. The molecule has 0 bridgehead atoms. The fourth-order valence-corrected chi connectivity index (χ4v) is 3.50. The fraction of sp³-hybridized carbons (Fsp3) is 0.684. The van der Waals surface area contributed by atoms with E-state index in [2.05, 4.69) is 62.4 Å². The Balaban J connectivity index is 1.91. The summed E-state index contributed by atoms with van der Waals surface area (Å²) in [4.78, 5) is 2.15. The van der Waals surface area contributed by atoms with Gasteiger partial charge in [-0.1, -0.05) is 37.8 Å². The summed E-state index contributed by atoms with van der Waals surface area (Å²) in [5.74, 6) is 0.857. The fourth-order valence-electron chi connectivity index (χ4n) is 3.50. The number of anilines is 1. The van der Waals surface area contributed by atoms with Crippen molar-refractivity contribution in [3.8, 4) is 0 Å². The van der Waals surface area contributed by atoms with Gasteiger partial charge in [0.15, 0.2) is 0 Å². The molecule has 118 valence electrons. The summed E-state index contributed by atoms with van der Waals surface area (Å²) >= 11 is 0. The quantitative estimate of drug-likeness (QED) is 0.786. The molecule has 1 fully saturated rings. The SMILES string of the molecule is CC(N[C@H](C)C1CCCCCC1)c1ccc(N(C)C)cc1. The number of nitrogens with zero attached hydrogens (tertiary/aromatic N) is 1. The first kappa shape index (κ1) is 16.4. The lowest BCUT2D eigenvalue weighted by Crippen LogP contribution is -2.35. The van der Waals surface area contributed by atoms with Crippen LogP contribution in [0.3, 0.4) is 0 Å². The van der Waals surface area contributed by atoms with E-state index in [-0.39, 0.29) is 0 Å². The zero-order valence-corrected chi connectivity index (χ0v) is 14.2. The zero-order valence-electron chi connectivity index (χ0n) is 14.2. The van der Waals surface area contributed by atoms with E-state index in [0.29, 0.717) is 12.1 Å². The smallest absolute Gasteiger partial charge is 0.0361 e. The van der Waals surface area contributed by atoms with Gasteiger partial charge in [0.2, 0.25) is 0 Å². The Morgan fingerprint density at radius 2 is 1.52 bits per heavy atom. The molecule has 1 unspecified atom stereocenters. The van der Waals surface area contributed by atoms with E-state index in [1.807, 2.05) is 0 Å².